The molecule has 1 aliphatic heterocycles. The van der Waals surface area contributed by atoms with Crippen LogP contribution >= 0.6 is 0 Å². The van der Waals surface area contributed by atoms with Crippen LogP contribution in [0, 0.1) is 0 Å². The summed E-state index contributed by atoms with van der Waals surface area (Å²) in [7, 11) is 0. The average molecular weight is 270 g/mol. The number of ether oxygens (including phenoxy) is 1. The number of rotatable bonds is 6. The van der Waals surface area contributed by atoms with Gasteiger partial charge in [-0.05, 0) is 19.8 Å². The first-order valence-corrected chi connectivity index (χ1v) is 6.97. The minimum absolute atomic E-state index is 0.0892. The molecule has 2 atom stereocenters. The van der Waals surface area contributed by atoms with E-state index in [1.165, 1.54) is 6.33 Å². The zero-order chi connectivity index (χ0) is 13.7. The fraction of sp³-hybridized carbons (Fsp3) is 0.846. The van der Waals surface area contributed by atoms with Crippen molar-refractivity contribution in [1.82, 2.24) is 20.1 Å². The molecule has 1 saturated heterocycles. The zero-order valence-electron chi connectivity index (χ0n) is 11.7. The maximum Gasteiger partial charge on any atom is 0.138 e. The van der Waals surface area contributed by atoms with Gasteiger partial charge in [0.05, 0.1) is 13.2 Å². The second kappa shape index (κ2) is 6.43. The van der Waals surface area contributed by atoms with Crippen molar-refractivity contribution in [3.63, 3.8) is 0 Å². The fourth-order valence-corrected chi connectivity index (χ4v) is 2.49. The highest BCUT2D eigenvalue weighted by atomic mass is 19.1. The van der Waals surface area contributed by atoms with Crippen LogP contribution in [0.25, 0.3) is 0 Å². The number of nitrogens with zero attached hydrogens (tertiary/aromatic N) is 3. The van der Waals surface area contributed by atoms with Crippen LogP contribution in [0.15, 0.2) is 6.33 Å². The monoisotopic (exact) mass is 270 g/mol. The van der Waals surface area contributed by atoms with E-state index in [1.54, 1.807) is 11.6 Å². The van der Waals surface area contributed by atoms with Gasteiger partial charge in [-0.15, -0.1) is 0 Å². The van der Waals surface area contributed by atoms with Crippen LogP contribution < -0.4 is 5.32 Å². The second-order valence-corrected chi connectivity index (χ2v) is 5.42. The first-order valence-electron chi connectivity index (χ1n) is 6.97. The van der Waals surface area contributed by atoms with E-state index < -0.39 is 5.67 Å². The van der Waals surface area contributed by atoms with E-state index in [0.717, 1.165) is 25.3 Å². The Morgan fingerprint density at radius 3 is 3.16 bits per heavy atom. The molecule has 2 rings (SSSR count). The molecule has 0 aromatic carbocycles. The molecule has 0 aliphatic carbocycles. The SMILES string of the molecule is CCCn1ncnc1CC(C)(F)CC1COCCN1. The summed E-state index contributed by atoms with van der Waals surface area (Å²) in [4.78, 5) is 4.17. The maximum atomic E-state index is 14.7. The molecule has 1 N–H and O–H groups in total. The van der Waals surface area contributed by atoms with Crippen molar-refractivity contribution in [3.05, 3.63) is 12.2 Å². The van der Waals surface area contributed by atoms with E-state index in [1.807, 2.05) is 0 Å². The summed E-state index contributed by atoms with van der Waals surface area (Å²) in [5, 5.41) is 7.42. The van der Waals surface area contributed by atoms with E-state index >= 15 is 0 Å². The van der Waals surface area contributed by atoms with E-state index in [2.05, 4.69) is 22.3 Å². The molecule has 1 aromatic rings. The Hall–Kier alpha value is -1.01. The van der Waals surface area contributed by atoms with Gasteiger partial charge in [0, 0.05) is 25.6 Å². The molecule has 1 fully saturated rings. The lowest BCUT2D eigenvalue weighted by molar-refractivity contribution is 0.0475. The highest BCUT2D eigenvalue weighted by molar-refractivity contribution is 4.95. The molecule has 0 saturated carbocycles. The number of aromatic nitrogens is 3. The van der Waals surface area contributed by atoms with Crippen LogP contribution in [0.5, 0.6) is 0 Å². The largest absolute Gasteiger partial charge is 0.379 e. The van der Waals surface area contributed by atoms with E-state index in [-0.39, 0.29) is 6.04 Å². The van der Waals surface area contributed by atoms with E-state index in [4.69, 9.17) is 4.74 Å². The Labute approximate surface area is 113 Å². The molecule has 0 spiro atoms. The molecule has 1 aromatic heterocycles. The van der Waals surface area contributed by atoms with Crippen molar-refractivity contribution >= 4 is 0 Å². The van der Waals surface area contributed by atoms with Gasteiger partial charge in [-0.1, -0.05) is 6.92 Å². The lowest BCUT2D eigenvalue weighted by atomic mass is 9.94. The lowest BCUT2D eigenvalue weighted by Crippen LogP contribution is -2.45. The molecule has 0 amide bonds. The van der Waals surface area contributed by atoms with Crippen molar-refractivity contribution in [2.45, 2.75) is 51.4 Å². The van der Waals surface area contributed by atoms with Gasteiger partial charge in [0.25, 0.3) is 0 Å². The summed E-state index contributed by atoms with van der Waals surface area (Å²) in [5.74, 6) is 0.726. The standard InChI is InChI=1S/C13H23FN4O/c1-3-5-18-12(16-10-17-18)8-13(2,14)7-11-9-19-6-4-15-11/h10-11,15H,3-9H2,1-2H3. The summed E-state index contributed by atoms with van der Waals surface area (Å²) in [5.41, 5.74) is -1.29. The van der Waals surface area contributed by atoms with Crippen LogP contribution in [0.4, 0.5) is 4.39 Å². The van der Waals surface area contributed by atoms with Crippen molar-refractivity contribution < 1.29 is 9.13 Å². The summed E-state index contributed by atoms with van der Waals surface area (Å²) in [6.07, 6.45) is 3.21. The first-order chi connectivity index (χ1) is 9.11. The molecule has 6 heteroatoms. The van der Waals surface area contributed by atoms with Crippen molar-refractivity contribution in [2.75, 3.05) is 19.8 Å². The third-order valence-corrected chi connectivity index (χ3v) is 3.33. The van der Waals surface area contributed by atoms with Crippen LogP contribution in [0.1, 0.15) is 32.5 Å². The smallest absolute Gasteiger partial charge is 0.138 e. The Kier molecular flexibility index (Phi) is 4.87. The molecule has 2 heterocycles. The summed E-state index contributed by atoms with van der Waals surface area (Å²) in [6, 6.07) is 0.0892. The Bertz CT molecular complexity index is 388. The van der Waals surface area contributed by atoms with Gasteiger partial charge in [0.2, 0.25) is 0 Å². The minimum Gasteiger partial charge on any atom is -0.379 e. The minimum atomic E-state index is -1.29. The number of alkyl halides is 1. The third-order valence-electron chi connectivity index (χ3n) is 3.33. The van der Waals surface area contributed by atoms with Crippen LogP contribution in [-0.4, -0.2) is 46.2 Å². The summed E-state index contributed by atoms with van der Waals surface area (Å²) >= 11 is 0. The number of morpholine rings is 1. The molecule has 2 unspecified atom stereocenters. The highest BCUT2D eigenvalue weighted by Gasteiger charge is 2.30. The van der Waals surface area contributed by atoms with Crippen LogP contribution in [0.2, 0.25) is 0 Å². The molecule has 1 aliphatic rings. The average Bonchev–Trinajstić information content (AvgIpc) is 2.77. The highest BCUT2D eigenvalue weighted by Crippen LogP contribution is 2.23. The number of hydrogen-bond acceptors (Lipinski definition) is 4. The third kappa shape index (κ3) is 4.24. The Morgan fingerprint density at radius 2 is 2.47 bits per heavy atom. The van der Waals surface area contributed by atoms with Gasteiger partial charge in [-0.25, -0.2) is 14.1 Å². The first kappa shape index (κ1) is 14.4. The van der Waals surface area contributed by atoms with Crippen LogP contribution in [-0.2, 0) is 17.7 Å². The van der Waals surface area contributed by atoms with Gasteiger partial charge < -0.3 is 10.1 Å². The number of hydrogen-bond donors (Lipinski definition) is 1. The van der Waals surface area contributed by atoms with E-state index in [9.17, 15) is 4.39 Å². The lowest BCUT2D eigenvalue weighted by Gasteiger charge is -2.29. The Balaban J connectivity index is 1.93. The normalized spacial score (nSPS) is 23.2. The van der Waals surface area contributed by atoms with Gasteiger partial charge in [-0.3, -0.25) is 0 Å². The zero-order valence-corrected chi connectivity index (χ0v) is 11.7. The fourth-order valence-electron chi connectivity index (χ4n) is 2.49. The van der Waals surface area contributed by atoms with Gasteiger partial charge in [0.15, 0.2) is 0 Å². The molecular weight excluding hydrogens is 247 g/mol. The quantitative estimate of drug-likeness (QED) is 0.847. The van der Waals surface area contributed by atoms with Crippen molar-refractivity contribution in [1.29, 1.82) is 0 Å². The topological polar surface area (TPSA) is 52.0 Å². The molecule has 0 radical (unpaired) electrons. The van der Waals surface area contributed by atoms with Crippen molar-refractivity contribution in [3.8, 4) is 0 Å². The van der Waals surface area contributed by atoms with Gasteiger partial charge in [0.1, 0.15) is 17.8 Å². The second-order valence-electron chi connectivity index (χ2n) is 5.42. The predicted molar refractivity (Wildman–Crippen MR) is 70.8 cm³/mol. The molecular formula is C13H23FN4O. The summed E-state index contributed by atoms with van der Waals surface area (Å²) < 4.78 is 21.8. The molecule has 5 nitrogen and oxygen atoms in total. The molecule has 108 valence electrons. The van der Waals surface area contributed by atoms with Gasteiger partial charge >= 0.3 is 0 Å². The number of nitrogens with one attached hydrogen (secondary N) is 1. The van der Waals surface area contributed by atoms with Crippen LogP contribution in [0.3, 0.4) is 0 Å². The predicted octanol–water partition coefficient (Wildman–Crippen LogP) is 1.34. The number of halogens is 1. The van der Waals surface area contributed by atoms with Gasteiger partial charge in [-0.2, -0.15) is 5.10 Å². The Morgan fingerprint density at radius 1 is 1.63 bits per heavy atom. The number of aryl methyl sites for hydroxylation is 1. The summed E-state index contributed by atoms with van der Waals surface area (Å²) in [6.45, 7) is 6.59. The molecule has 0 bridgehead atoms. The van der Waals surface area contributed by atoms with Crippen molar-refractivity contribution in [2.24, 2.45) is 0 Å². The maximum absolute atomic E-state index is 14.7. The van der Waals surface area contributed by atoms with E-state index in [0.29, 0.717) is 26.1 Å². The molecule has 19 heavy (non-hydrogen) atoms.